The molecule has 0 aliphatic carbocycles. The number of rotatable bonds is 9. The molecule has 3 aromatic rings. The van der Waals surface area contributed by atoms with E-state index in [0.29, 0.717) is 23.7 Å². The Kier molecular flexibility index (Phi) is 15.8. The molecule has 239 valence electrons. The molecule has 2 nitrogen and oxygen atoms in total. The van der Waals surface area contributed by atoms with Gasteiger partial charge in [-0.2, -0.15) is 29.8 Å². The normalized spacial score (nSPS) is 12.3. The second kappa shape index (κ2) is 17.7. The molecule has 0 aliphatic heterocycles. The van der Waals surface area contributed by atoms with Gasteiger partial charge in [0.15, 0.2) is 0 Å². The molecule has 0 amide bonds. The molecule has 3 aromatic carbocycles. The van der Waals surface area contributed by atoms with Crippen molar-refractivity contribution in [2.75, 3.05) is 0 Å². The van der Waals surface area contributed by atoms with Crippen molar-refractivity contribution >= 4 is 17.1 Å². The molecule has 0 aromatic heterocycles. The summed E-state index contributed by atoms with van der Waals surface area (Å²) in [5.74, 6) is 1.75. The Morgan fingerprint density at radius 2 is 1.09 bits per heavy atom. The second-order valence-corrected chi connectivity index (χ2v) is 14.0. The molecule has 0 bridgehead atoms. The zero-order chi connectivity index (χ0) is 32.5. The van der Waals surface area contributed by atoms with E-state index in [4.69, 9.17) is 10.3 Å². The molecule has 0 saturated heterocycles. The molecule has 0 unspecified atom stereocenters. The number of allylic oxidation sites excluding steroid dienone is 2. The van der Waals surface area contributed by atoms with Gasteiger partial charge in [-0.05, 0) is 47.1 Å². The van der Waals surface area contributed by atoms with Crippen molar-refractivity contribution in [3.05, 3.63) is 118 Å². The number of nitrogens with zero attached hydrogens (tertiary/aromatic N) is 2. The fraction of sp³-hybridized carbons (Fsp3) is 0.463. The Morgan fingerprint density at radius 1 is 0.682 bits per heavy atom. The zero-order valence-electron chi connectivity index (χ0n) is 30.0. The molecule has 0 heterocycles. The Bertz CT molecular complexity index is 1310. The molecule has 1 radical (unpaired) electrons. The molecule has 0 N–H and O–H groups in total. The van der Waals surface area contributed by atoms with Gasteiger partial charge in [-0.25, -0.2) is 0 Å². The third-order valence-electron chi connectivity index (χ3n) is 7.79. The van der Waals surface area contributed by atoms with Crippen molar-refractivity contribution in [2.24, 2.45) is 4.99 Å². The Hall–Kier alpha value is -2.74. The van der Waals surface area contributed by atoms with Gasteiger partial charge in [-0.15, -0.1) is 17.8 Å². The van der Waals surface area contributed by atoms with Crippen LogP contribution in [0.15, 0.2) is 77.4 Å². The van der Waals surface area contributed by atoms with Crippen LogP contribution in [0.2, 0.25) is 0 Å². The summed E-state index contributed by atoms with van der Waals surface area (Å²) in [7, 11) is 0. The minimum Gasteiger partial charge on any atom is -0.661 e. The van der Waals surface area contributed by atoms with Crippen LogP contribution in [-0.4, -0.2) is 5.71 Å². The van der Waals surface area contributed by atoms with Crippen LogP contribution >= 0.6 is 0 Å². The first kappa shape index (κ1) is 39.3. The molecular weight excluding hydrogens is 575 g/mol. The van der Waals surface area contributed by atoms with Crippen LogP contribution in [0, 0.1) is 6.42 Å². The molecular formula is C41H58MnN2. The van der Waals surface area contributed by atoms with E-state index < -0.39 is 0 Å². The van der Waals surface area contributed by atoms with Crippen LogP contribution in [0.4, 0.5) is 11.4 Å². The molecule has 0 saturated carbocycles. The van der Waals surface area contributed by atoms with Crippen LogP contribution in [0.3, 0.4) is 0 Å². The third-order valence-corrected chi connectivity index (χ3v) is 7.79. The first-order valence-electron chi connectivity index (χ1n) is 16.2. The van der Waals surface area contributed by atoms with Gasteiger partial charge in [-0.3, -0.25) is 4.99 Å². The number of para-hydroxylation sites is 2. The van der Waals surface area contributed by atoms with Gasteiger partial charge in [0, 0.05) is 5.71 Å². The quantitative estimate of drug-likeness (QED) is 0.127. The standard InChI is InChI=1S/C29H41N2.C12H17.Mn/c1-18(2)24-13-11-14-25(19(3)4)28(24)30-22(9)17-23(10)31-29-26(20(5)6)15-12-16-27(29)21(7)8;1-5-10-6-8-11(9-7-10)12(2,3)4;/h11-21H,1-10H3;5-9H,1-4H3;/q2*-1;+2. The molecule has 0 aliphatic rings. The van der Waals surface area contributed by atoms with Gasteiger partial charge in [-0.1, -0.05) is 149 Å². The van der Waals surface area contributed by atoms with Gasteiger partial charge in [0.1, 0.15) is 0 Å². The molecule has 3 rings (SSSR count). The SMILES string of the molecule is CC(=CC(C)=Nc1c(C(C)C)cccc1C(C)C)[N-]c1c(C(C)C)cccc1C(C)C.C[CH-]c1ccc(C(C)(C)C)cc1.[Mn+2]. The number of benzene rings is 3. The van der Waals surface area contributed by atoms with E-state index in [9.17, 15) is 0 Å². The van der Waals surface area contributed by atoms with Gasteiger partial charge >= 0.3 is 17.1 Å². The summed E-state index contributed by atoms with van der Waals surface area (Å²) >= 11 is 0. The van der Waals surface area contributed by atoms with Gasteiger partial charge in [0.25, 0.3) is 0 Å². The van der Waals surface area contributed by atoms with Crippen molar-refractivity contribution in [3.8, 4) is 0 Å². The summed E-state index contributed by atoms with van der Waals surface area (Å²) < 4.78 is 0. The van der Waals surface area contributed by atoms with Crippen molar-refractivity contribution in [2.45, 2.75) is 126 Å². The predicted octanol–water partition coefficient (Wildman–Crippen LogP) is 13.4. The van der Waals surface area contributed by atoms with E-state index in [-0.39, 0.29) is 22.5 Å². The molecule has 0 atom stereocenters. The monoisotopic (exact) mass is 633 g/mol. The van der Waals surface area contributed by atoms with Crippen LogP contribution < -0.4 is 0 Å². The Morgan fingerprint density at radius 3 is 1.45 bits per heavy atom. The van der Waals surface area contributed by atoms with Crippen molar-refractivity contribution in [1.82, 2.24) is 0 Å². The van der Waals surface area contributed by atoms with E-state index in [2.05, 4.69) is 170 Å². The van der Waals surface area contributed by atoms with Crippen LogP contribution in [0.5, 0.6) is 0 Å². The maximum atomic E-state index is 5.08. The summed E-state index contributed by atoms with van der Waals surface area (Å²) in [6.45, 7) is 30.8. The number of aliphatic imine (C=N–C) groups is 1. The van der Waals surface area contributed by atoms with Crippen LogP contribution in [0.1, 0.15) is 154 Å². The summed E-state index contributed by atoms with van der Waals surface area (Å²) in [6, 6.07) is 21.9. The van der Waals surface area contributed by atoms with Crippen LogP contribution in [0.25, 0.3) is 5.32 Å². The van der Waals surface area contributed by atoms with Crippen LogP contribution in [-0.2, 0) is 22.5 Å². The minimum atomic E-state index is 0. The fourth-order valence-electron chi connectivity index (χ4n) is 5.18. The average Bonchev–Trinajstić information content (AvgIpc) is 2.92. The number of hydrogen-bond donors (Lipinski definition) is 0. The summed E-state index contributed by atoms with van der Waals surface area (Å²) in [5, 5.41) is 5.08. The molecule has 0 fully saturated rings. The van der Waals surface area contributed by atoms with Gasteiger partial charge in [0.2, 0.25) is 0 Å². The van der Waals surface area contributed by atoms with Gasteiger partial charge in [0.05, 0.1) is 5.69 Å². The summed E-state index contributed by atoms with van der Waals surface area (Å²) in [5.41, 5.74) is 12.4. The first-order valence-corrected chi connectivity index (χ1v) is 16.2. The topological polar surface area (TPSA) is 26.5 Å². The fourth-order valence-corrected chi connectivity index (χ4v) is 5.18. The maximum Gasteiger partial charge on any atom is 2.00 e. The van der Waals surface area contributed by atoms with Crippen molar-refractivity contribution in [1.29, 1.82) is 0 Å². The zero-order valence-corrected chi connectivity index (χ0v) is 31.2. The largest absolute Gasteiger partial charge is 2.00 e. The van der Waals surface area contributed by atoms with E-state index in [1.165, 1.54) is 33.4 Å². The Labute approximate surface area is 281 Å². The predicted molar refractivity (Wildman–Crippen MR) is 193 cm³/mol. The second-order valence-electron chi connectivity index (χ2n) is 14.0. The van der Waals surface area contributed by atoms with E-state index in [1.807, 2.05) is 0 Å². The van der Waals surface area contributed by atoms with Gasteiger partial charge < -0.3 is 5.32 Å². The third kappa shape index (κ3) is 11.3. The first-order chi connectivity index (χ1) is 20.1. The maximum absolute atomic E-state index is 5.08. The Balaban J connectivity index is 0.000000624. The molecule has 3 heteroatoms. The smallest absolute Gasteiger partial charge is 0.661 e. The minimum absolute atomic E-state index is 0. The molecule has 0 spiro atoms. The van der Waals surface area contributed by atoms with Crippen molar-refractivity contribution < 1.29 is 17.1 Å². The summed E-state index contributed by atoms with van der Waals surface area (Å²) in [4.78, 5) is 5.08. The van der Waals surface area contributed by atoms with E-state index in [0.717, 1.165) is 22.8 Å². The average molecular weight is 634 g/mol. The van der Waals surface area contributed by atoms with Crippen molar-refractivity contribution in [3.63, 3.8) is 0 Å². The van der Waals surface area contributed by atoms with E-state index in [1.54, 1.807) is 0 Å². The number of hydrogen-bond acceptors (Lipinski definition) is 1. The van der Waals surface area contributed by atoms with E-state index >= 15 is 0 Å². The molecule has 44 heavy (non-hydrogen) atoms. The summed E-state index contributed by atoms with van der Waals surface area (Å²) in [6.07, 6.45) is 4.23.